The predicted molar refractivity (Wildman–Crippen MR) is 113 cm³/mol. The van der Waals surface area contributed by atoms with Crippen molar-refractivity contribution in [2.75, 3.05) is 65.6 Å². The number of likely N-dealkylation sites (tertiary alicyclic amines) is 1. The van der Waals surface area contributed by atoms with Crippen LogP contribution in [-0.4, -0.2) is 93.5 Å². The Kier molecular flexibility index (Phi) is 11.9. The van der Waals surface area contributed by atoms with Crippen LogP contribution in [0.3, 0.4) is 0 Å². The average Bonchev–Trinajstić information content (AvgIpc) is 2.63. The normalized spacial score (nSPS) is 19.6. The molecule has 2 rings (SSSR count). The Hall–Kier alpha value is -0.810. The monoisotopic (exact) mass is 483 g/mol. The number of rotatable bonds is 6. The third-order valence-corrected chi connectivity index (χ3v) is 4.50. The Morgan fingerprint density at radius 1 is 1.19 bits per heavy atom. The molecule has 0 spiro atoms. The fraction of sp³-hybridized carbons (Fsp3) is 0.882. The predicted octanol–water partition coefficient (Wildman–Crippen LogP) is 1.11. The van der Waals surface area contributed by atoms with E-state index in [1.807, 2.05) is 6.92 Å². The molecule has 0 atom stereocenters. The van der Waals surface area contributed by atoms with Gasteiger partial charge in [-0.05, 0) is 26.7 Å². The first-order valence-corrected chi connectivity index (χ1v) is 9.49. The van der Waals surface area contributed by atoms with Gasteiger partial charge >= 0.3 is 6.09 Å². The number of ether oxygens (including phenoxy) is 2. The molecule has 2 aliphatic heterocycles. The highest BCUT2D eigenvalue weighted by atomic mass is 127. The van der Waals surface area contributed by atoms with Crippen LogP contribution in [0.2, 0.25) is 0 Å². The molecule has 2 fully saturated rings. The molecule has 0 aromatic heterocycles. The minimum atomic E-state index is -0.202. The van der Waals surface area contributed by atoms with Gasteiger partial charge < -0.3 is 25.0 Å². The van der Waals surface area contributed by atoms with Crippen molar-refractivity contribution >= 4 is 36.0 Å². The smallest absolute Gasteiger partial charge is 0.409 e. The van der Waals surface area contributed by atoms with Gasteiger partial charge in [0, 0.05) is 45.3 Å². The van der Waals surface area contributed by atoms with Gasteiger partial charge in [0.1, 0.15) is 0 Å². The van der Waals surface area contributed by atoms with Crippen LogP contribution in [0, 0.1) is 0 Å². The van der Waals surface area contributed by atoms with Crippen molar-refractivity contribution in [2.45, 2.75) is 32.7 Å². The van der Waals surface area contributed by atoms with Crippen LogP contribution < -0.4 is 10.6 Å². The molecule has 0 aromatic rings. The molecule has 2 heterocycles. The summed E-state index contributed by atoms with van der Waals surface area (Å²) >= 11 is 0. The van der Waals surface area contributed by atoms with Crippen LogP contribution in [0.1, 0.15) is 26.7 Å². The van der Waals surface area contributed by atoms with Gasteiger partial charge in [0.25, 0.3) is 0 Å². The van der Waals surface area contributed by atoms with Gasteiger partial charge in [-0.3, -0.25) is 9.89 Å². The molecule has 0 bridgehead atoms. The van der Waals surface area contributed by atoms with E-state index < -0.39 is 0 Å². The molecule has 8 nitrogen and oxygen atoms in total. The van der Waals surface area contributed by atoms with Crippen LogP contribution in [0.25, 0.3) is 0 Å². The van der Waals surface area contributed by atoms with Crippen molar-refractivity contribution < 1.29 is 14.3 Å². The number of hydrogen-bond donors (Lipinski definition) is 2. The number of guanidine groups is 1. The lowest BCUT2D eigenvalue weighted by atomic mass is 10.1. The van der Waals surface area contributed by atoms with E-state index in [-0.39, 0.29) is 30.1 Å². The van der Waals surface area contributed by atoms with Gasteiger partial charge in [0.05, 0.1) is 26.4 Å². The lowest BCUT2D eigenvalue weighted by Gasteiger charge is -2.32. The van der Waals surface area contributed by atoms with Crippen LogP contribution in [0.15, 0.2) is 4.99 Å². The number of carbonyl (C=O) groups is 1. The minimum Gasteiger partial charge on any atom is -0.450 e. The maximum atomic E-state index is 11.8. The number of hydrogen-bond acceptors (Lipinski definition) is 5. The number of amides is 1. The van der Waals surface area contributed by atoms with Crippen LogP contribution in [0.4, 0.5) is 4.79 Å². The van der Waals surface area contributed by atoms with E-state index in [9.17, 15) is 4.79 Å². The van der Waals surface area contributed by atoms with E-state index in [0.29, 0.717) is 12.6 Å². The lowest BCUT2D eigenvalue weighted by Crippen LogP contribution is -2.50. The average molecular weight is 483 g/mol. The Morgan fingerprint density at radius 3 is 2.50 bits per heavy atom. The molecular weight excluding hydrogens is 449 g/mol. The van der Waals surface area contributed by atoms with Crippen molar-refractivity contribution in [1.82, 2.24) is 20.4 Å². The summed E-state index contributed by atoms with van der Waals surface area (Å²) < 4.78 is 10.4. The molecule has 2 N–H and O–H groups in total. The third-order valence-electron chi connectivity index (χ3n) is 4.50. The first kappa shape index (κ1) is 23.2. The summed E-state index contributed by atoms with van der Waals surface area (Å²) in [6.07, 6.45) is 1.62. The van der Waals surface area contributed by atoms with Gasteiger partial charge in [-0.25, -0.2) is 4.79 Å². The molecule has 0 aliphatic carbocycles. The molecule has 2 saturated heterocycles. The van der Waals surface area contributed by atoms with Crippen molar-refractivity contribution in [2.24, 2.45) is 4.99 Å². The largest absolute Gasteiger partial charge is 0.450 e. The highest BCUT2D eigenvalue weighted by molar-refractivity contribution is 14.0. The minimum absolute atomic E-state index is 0. The summed E-state index contributed by atoms with van der Waals surface area (Å²) in [5.74, 6) is 0.866. The molecule has 26 heavy (non-hydrogen) atoms. The summed E-state index contributed by atoms with van der Waals surface area (Å²) in [4.78, 5) is 20.6. The standard InChI is InChI=1S/C17H33N5O3.HI/c1-3-18-16(19-7-10-21-11-13-24-14-12-21)20-15-5-8-22(9-6-15)17(23)25-4-2;/h15H,3-14H2,1-2H3,(H2,18,19,20);1H. The second-order valence-corrected chi connectivity index (χ2v) is 6.32. The zero-order valence-corrected chi connectivity index (χ0v) is 18.4. The zero-order chi connectivity index (χ0) is 17.9. The third kappa shape index (κ3) is 8.26. The number of nitrogens with zero attached hydrogens (tertiary/aromatic N) is 3. The molecule has 0 radical (unpaired) electrons. The van der Waals surface area contributed by atoms with Gasteiger partial charge in [-0.15, -0.1) is 24.0 Å². The number of morpholine rings is 1. The van der Waals surface area contributed by atoms with Crippen molar-refractivity contribution in [3.63, 3.8) is 0 Å². The van der Waals surface area contributed by atoms with E-state index in [1.165, 1.54) is 0 Å². The second-order valence-electron chi connectivity index (χ2n) is 6.32. The molecular formula is C17H34IN5O3. The Balaban J connectivity index is 0.00000338. The molecule has 0 aromatic carbocycles. The van der Waals surface area contributed by atoms with Crippen molar-refractivity contribution in [3.05, 3.63) is 0 Å². The maximum absolute atomic E-state index is 11.8. The van der Waals surface area contributed by atoms with E-state index in [2.05, 4.69) is 22.5 Å². The highest BCUT2D eigenvalue weighted by Gasteiger charge is 2.24. The van der Waals surface area contributed by atoms with Crippen LogP contribution in [-0.2, 0) is 9.47 Å². The number of aliphatic imine (C=N–C) groups is 1. The number of nitrogens with one attached hydrogen (secondary N) is 2. The van der Waals surface area contributed by atoms with Crippen LogP contribution in [0.5, 0.6) is 0 Å². The number of halogens is 1. The first-order valence-electron chi connectivity index (χ1n) is 9.49. The molecule has 0 saturated carbocycles. The van der Waals surface area contributed by atoms with E-state index >= 15 is 0 Å². The Morgan fingerprint density at radius 2 is 1.88 bits per heavy atom. The topological polar surface area (TPSA) is 78.4 Å². The fourth-order valence-corrected chi connectivity index (χ4v) is 3.06. The van der Waals surface area contributed by atoms with Crippen molar-refractivity contribution in [3.8, 4) is 0 Å². The zero-order valence-electron chi connectivity index (χ0n) is 16.0. The van der Waals surface area contributed by atoms with Gasteiger partial charge in [-0.2, -0.15) is 0 Å². The van der Waals surface area contributed by atoms with E-state index in [0.717, 1.165) is 77.8 Å². The highest BCUT2D eigenvalue weighted by Crippen LogP contribution is 2.11. The van der Waals surface area contributed by atoms with Crippen molar-refractivity contribution in [1.29, 1.82) is 0 Å². The molecule has 152 valence electrons. The summed E-state index contributed by atoms with van der Waals surface area (Å²) in [6, 6.07) is 0.340. The molecule has 0 unspecified atom stereocenters. The first-order chi connectivity index (χ1) is 12.2. The van der Waals surface area contributed by atoms with Crippen LogP contribution >= 0.6 is 24.0 Å². The molecule has 1 amide bonds. The molecule has 2 aliphatic rings. The quantitative estimate of drug-likeness (QED) is 0.335. The van der Waals surface area contributed by atoms with E-state index in [4.69, 9.17) is 14.5 Å². The maximum Gasteiger partial charge on any atom is 0.409 e. The SMILES string of the molecule is CCNC(=NCCN1CCOCC1)NC1CCN(C(=O)OCC)CC1.I. The fourth-order valence-electron chi connectivity index (χ4n) is 3.06. The van der Waals surface area contributed by atoms with Gasteiger partial charge in [0.2, 0.25) is 0 Å². The van der Waals surface area contributed by atoms with Gasteiger partial charge in [-0.1, -0.05) is 0 Å². The summed E-state index contributed by atoms with van der Waals surface area (Å²) in [6.45, 7) is 12.0. The second kappa shape index (κ2) is 13.4. The van der Waals surface area contributed by atoms with Gasteiger partial charge in [0.15, 0.2) is 5.96 Å². The Labute approximate surface area is 174 Å². The summed E-state index contributed by atoms with van der Waals surface area (Å²) in [5, 5.41) is 6.82. The summed E-state index contributed by atoms with van der Waals surface area (Å²) in [5.41, 5.74) is 0. The summed E-state index contributed by atoms with van der Waals surface area (Å²) in [7, 11) is 0. The number of piperidine rings is 1. The molecule has 9 heteroatoms. The Bertz CT molecular complexity index is 425. The number of carbonyl (C=O) groups excluding carboxylic acids is 1. The lowest BCUT2D eigenvalue weighted by molar-refractivity contribution is 0.0394. The van der Waals surface area contributed by atoms with E-state index in [1.54, 1.807) is 4.90 Å².